The summed E-state index contributed by atoms with van der Waals surface area (Å²) in [5, 5.41) is 13.8. The maximum absolute atomic E-state index is 11.6. The minimum absolute atomic E-state index is 0.0612. The predicted molar refractivity (Wildman–Crippen MR) is 78.2 cm³/mol. The molecule has 20 heavy (non-hydrogen) atoms. The average molecular weight is 317 g/mol. The Morgan fingerprint density at radius 3 is 2.40 bits per heavy atom. The zero-order valence-corrected chi connectivity index (χ0v) is 12.1. The van der Waals surface area contributed by atoms with Crippen molar-refractivity contribution < 1.29 is 19.5 Å². The number of amides is 2. The maximum Gasteiger partial charge on any atom is 0.327 e. The van der Waals surface area contributed by atoms with Crippen LogP contribution >= 0.6 is 23.4 Å². The van der Waals surface area contributed by atoms with Gasteiger partial charge in [0.25, 0.3) is 5.24 Å². The van der Waals surface area contributed by atoms with Crippen molar-refractivity contribution in [3.05, 3.63) is 29.3 Å². The summed E-state index contributed by atoms with van der Waals surface area (Å²) in [4.78, 5) is 33.3. The molecule has 1 aromatic carbocycles. The first-order valence-electron chi connectivity index (χ1n) is 5.57. The summed E-state index contributed by atoms with van der Waals surface area (Å²) in [6.07, 6.45) is 0. The number of carboxylic acid groups (broad SMARTS) is 1. The van der Waals surface area contributed by atoms with Crippen LogP contribution in [0.25, 0.3) is 0 Å². The SMILES string of the molecule is CC(=O)N[C@@H](CSC(=O)Nc1ccc(Cl)cc1)C(=O)O. The third kappa shape index (κ3) is 5.94. The summed E-state index contributed by atoms with van der Waals surface area (Å²) in [6, 6.07) is 5.40. The van der Waals surface area contributed by atoms with Crippen LogP contribution in [-0.4, -0.2) is 34.0 Å². The number of nitrogens with one attached hydrogen (secondary N) is 2. The highest BCUT2D eigenvalue weighted by Gasteiger charge is 2.20. The molecule has 1 aromatic rings. The lowest BCUT2D eigenvalue weighted by atomic mass is 10.3. The van der Waals surface area contributed by atoms with Crippen LogP contribution in [0.2, 0.25) is 5.02 Å². The molecular weight excluding hydrogens is 304 g/mol. The van der Waals surface area contributed by atoms with Crippen molar-refractivity contribution in [1.82, 2.24) is 5.32 Å². The smallest absolute Gasteiger partial charge is 0.327 e. The van der Waals surface area contributed by atoms with Crippen molar-refractivity contribution in [3.63, 3.8) is 0 Å². The summed E-state index contributed by atoms with van der Waals surface area (Å²) in [5.74, 6) is -1.71. The minimum Gasteiger partial charge on any atom is -0.480 e. The maximum atomic E-state index is 11.6. The fraction of sp³-hybridized carbons (Fsp3) is 0.250. The Morgan fingerprint density at radius 2 is 1.90 bits per heavy atom. The van der Waals surface area contributed by atoms with Crippen LogP contribution in [0.5, 0.6) is 0 Å². The molecule has 0 aromatic heterocycles. The molecule has 0 spiro atoms. The number of halogens is 1. The fourth-order valence-corrected chi connectivity index (χ4v) is 2.13. The zero-order chi connectivity index (χ0) is 15.1. The highest BCUT2D eigenvalue weighted by atomic mass is 35.5. The number of carbonyl (C=O) groups is 3. The molecule has 0 saturated carbocycles. The Morgan fingerprint density at radius 1 is 1.30 bits per heavy atom. The highest BCUT2D eigenvalue weighted by Crippen LogP contribution is 2.16. The van der Waals surface area contributed by atoms with Gasteiger partial charge < -0.3 is 15.7 Å². The van der Waals surface area contributed by atoms with Gasteiger partial charge in [-0.05, 0) is 24.3 Å². The van der Waals surface area contributed by atoms with E-state index in [1.807, 2.05) is 0 Å². The van der Waals surface area contributed by atoms with Crippen molar-refractivity contribution in [2.45, 2.75) is 13.0 Å². The van der Waals surface area contributed by atoms with E-state index in [-0.39, 0.29) is 5.75 Å². The minimum atomic E-state index is -1.19. The van der Waals surface area contributed by atoms with Gasteiger partial charge in [0, 0.05) is 23.4 Å². The zero-order valence-electron chi connectivity index (χ0n) is 10.6. The Bertz CT molecular complexity index is 507. The molecule has 2 amide bonds. The van der Waals surface area contributed by atoms with Crippen molar-refractivity contribution in [2.75, 3.05) is 11.1 Å². The lowest BCUT2D eigenvalue weighted by Crippen LogP contribution is -2.41. The van der Waals surface area contributed by atoms with Crippen LogP contribution in [0.3, 0.4) is 0 Å². The van der Waals surface area contributed by atoms with Crippen LogP contribution in [0.15, 0.2) is 24.3 Å². The summed E-state index contributed by atoms with van der Waals surface area (Å²) >= 11 is 6.49. The monoisotopic (exact) mass is 316 g/mol. The fourth-order valence-electron chi connectivity index (χ4n) is 1.27. The third-order valence-corrected chi connectivity index (χ3v) is 3.26. The van der Waals surface area contributed by atoms with E-state index in [2.05, 4.69) is 10.6 Å². The van der Waals surface area contributed by atoms with E-state index in [1.165, 1.54) is 6.92 Å². The predicted octanol–water partition coefficient (Wildman–Crippen LogP) is 2.19. The van der Waals surface area contributed by atoms with Gasteiger partial charge in [-0.3, -0.25) is 9.59 Å². The van der Waals surface area contributed by atoms with E-state index in [1.54, 1.807) is 24.3 Å². The van der Waals surface area contributed by atoms with Gasteiger partial charge in [0.15, 0.2) is 0 Å². The molecule has 0 unspecified atom stereocenters. The van der Waals surface area contributed by atoms with E-state index in [9.17, 15) is 14.4 Å². The Kier molecular flexibility index (Phi) is 6.33. The Balaban J connectivity index is 2.47. The molecule has 0 aliphatic carbocycles. The summed E-state index contributed by atoms with van der Waals surface area (Å²) in [5.41, 5.74) is 0.554. The lowest BCUT2D eigenvalue weighted by Gasteiger charge is -2.12. The number of aliphatic carboxylic acids is 1. The van der Waals surface area contributed by atoms with Crippen molar-refractivity contribution in [1.29, 1.82) is 0 Å². The first kappa shape index (κ1) is 16.3. The first-order chi connectivity index (χ1) is 9.38. The van der Waals surface area contributed by atoms with Crippen LogP contribution < -0.4 is 10.6 Å². The molecule has 8 heteroatoms. The molecule has 0 heterocycles. The van der Waals surface area contributed by atoms with E-state index in [4.69, 9.17) is 16.7 Å². The second-order valence-corrected chi connectivity index (χ2v) is 5.25. The topological polar surface area (TPSA) is 95.5 Å². The first-order valence-corrected chi connectivity index (χ1v) is 6.94. The molecular formula is C12H13ClN2O4S. The van der Waals surface area contributed by atoms with E-state index in [0.717, 1.165) is 11.8 Å². The number of carbonyl (C=O) groups excluding carboxylic acids is 2. The van der Waals surface area contributed by atoms with E-state index < -0.39 is 23.2 Å². The number of benzene rings is 1. The van der Waals surface area contributed by atoms with Gasteiger partial charge in [-0.25, -0.2) is 4.79 Å². The molecule has 1 atom stereocenters. The quantitative estimate of drug-likeness (QED) is 0.774. The Hall–Kier alpha value is -1.73. The molecule has 0 aliphatic heterocycles. The number of carboxylic acids is 1. The molecule has 0 aliphatic rings. The average Bonchev–Trinajstić information content (AvgIpc) is 2.36. The number of rotatable bonds is 5. The number of thioether (sulfide) groups is 1. The molecule has 0 saturated heterocycles. The Labute approximate surface area is 124 Å². The van der Waals surface area contributed by atoms with Gasteiger partial charge in [-0.2, -0.15) is 0 Å². The lowest BCUT2D eigenvalue weighted by molar-refractivity contribution is -0.140. The standard InChI is InChI=1S/C12H13ClN2O4S/c1-7(16)14-10(11(17)18)6-20-12(19)15-9-4-2-8(13)3-5-9/h2-5,10H,6H2,1H3,(H,14,16)(H,15,19)(H,17,18)/t10-/m0/s1. The van der Waals surface area contributed by atoms with Crippen molar-refractivity contribution >= 4 is 46.2 Å². The molecule has 0 bridgehead atoms. The summed E-state index contributed by atoms with van der Waals surface area (Å²) < 4.78 is 0. The number of hydrogen-bond donors (Lipinski definition) is 3. The van der Waals surface area contributed by atoms with Gasteiger partial charge in [-0.1, -0.05) is 23.4 Å². The largest absolute Gasteiger partial charge is 0.480 e. The normalized spacial score (nSPS) is 11.5. The van der Waals surface area contributed by atoms with E-state index in [0.29, 0.717) is 10.7 Å². The molecule has 0 fully saturated rings. The van der Waals surface area contributed by atoms with Crippen molar-refractivity contribution in [3.8, 4) is 0 Å². The molecule has 3 N–H and O–H groups in total. The molecule has 0 radical (unpaired) electrons. The van der Waals surface area contributed by atoms with Gasteiger partial charge in [-0.15, -0.1) is 0 Å². The summed E-state index contributed by atoms with van der Waals surface area (Å²) in [7, 11) is 0. The second-order valence-electron chi connectivity index (χ2n) is 3.82. The second kappa shape index (κ2) is 7.76. The number of anilines is 1. The van der Waals surface area contributed by atoms with Crippen molar-refractivity contribution in [2.24, 2.45) is 0 Å². The van der Waals surface area contributed by atoms with Gasteiger partial charge in [0.05, 0.1) is 0 Å². The summed E-state index contributed by atoms with van der Waals surface area (Å²) in [6.45, 7) is 1.22. The molecule has 6 nitrogen and oxygen atoms in total. The highest BCUT2D eigenvalue weighted by molar-refractivity contribution is 8.13. The van der Waals surface area contributed by atoms with Crippen LogP contribution in [0.4, 0.5) is 10.5 Å². The van der Waals surface area contributed by atoms with Crippen LogP contribution in [0, 0.1) is 0 Å². The van der Waals surface area contributed by atoms with Crippen LogP contribution in [-0.2, 0) is 9.59 Å². The van der Waals surface area contributed by atoms with Gasteiger partial charge in [0.2, 0.25) is 5.91 Å². The third-order valence-electron chi connectivity index (χ3n) is 2.15. The van der Waals surface area contributed by atoms with Gasteiger partial charge >= 0.3 is 5.97 Å². The van der Waals surface area contributed by atoms with E-state index >= 15 is 0 Å². The van der Waals surface area contributed by atoms with Gasteiger partial charge in [0.1, 0.15) is 6.04 Å². The molecule has 1 rings (SSSR count). The number of hydrogen-bond acceptors (Lipinski definition) is 4. The van der Waals surface area contributed by atoms with Crippen LogP contribution in [0.1, 0.15) is 6.92 Å². The molecule has 108 valence electrons.